The zero-order chi connectivity index (χ0) is 15.7. The van der Waals surface area contributed by atoms with Gasteiger partial charge >= 0.3 is 0 Å². The number of likely N-dealkylation sites (N-methyl/N-ethyl adjacent to an activating group) is 1. The first-order valence-corrected chi connectivity index (χ1v) is 8.18. The predicted octanol–water partition coefficient (Wildman–Crippen LogP) is 2.46. The number of benzene rings is 1. The number of ether oxygens (including phenoxy) is 1. The second-order valence-corrected chi connectivity index (χ2v) is 5.97. The Labute approximate surface area is 130 Å². The average Bonchev–Trinajstić information content (AvgIpc) is 2.49. The van der Waals surface area contributed by atoms with E-state index in [9.17, 15) is 4.39 Å². The highest BCUT2D eigenvalue weighted by Crippen LogP contribution is 2.10. The van der Waals surface area contributed by atoms with Crippen LogP contribution in [0.1, 0.15) is 6.92 Å². The van der Waals surface area contributed by atoms with Crippen LogP contribution < -0.4 is 10.1 Å². The molecule has 0 amide bonds. The Morgan fingerprint density at radius 2 is 2.10 bits per heavy atom. The lowest BCUT2D eigenvalue weighted by Crippen LogP contribution is -2.42. The third kappa shape index (κ3) is 6.71. The molecule has 0 aliphatic carbocycles. The number of aliphatic imine (C=N–C) groups is 1. The van der Waals surface area contributed by atoms with Crippen LogP contribution in [0.4, 0.5) is 4.39 Å². The van der Waals surface area contributed by atoms with Crippen LogP contribution in [-0.4, -0.2) is 56.2 Å². The summed E-state index contributed by atoms with van der Waals surface area (Å²) in [6, 6.07) is 6.04. The highest BCUT2D eigenvalue weighted by molar-refractivity contribution is 7.99. The van der Waals surface area contributed by atoms with Gasteiger partial charge in [-0.3, -0.25) is 4.99 Å². The van der Waals surface area contributed by atoms with Crippen molar-refractivity contribution in [2.75, 3.05) is 40.0 Å². The predicted molar refractivity (Wildman–Crippen MR) is 88.9 cm³/mol. The van der Waals surface area contributed by atoms with Gasteiger partial charge in [0.1, 0.15) is 18.2 Å². The lowest BCUT2D eigenvalue weighted by Gasteiger charge is -2.23. The van der Waals surface area contributed by atoms with E-state index in [0.29, 0.717) is 24.2 Å². The van der Waals surface area contributed by atoms with Crippen LogP contribution in [-0.2, 0) is 0 Å². The maximum atomic E-state index is 12.8. The fraction of sp³-hybridized carbons (Fsp3) is 0.533. The minimum Gasteiger partial charge on any atom is -0.492 e. The number of hydrogen-bond acceptors (Lipinski definition) is 3. The van der Waals surface area contributed by atoms with Crippen LogP contribution in [0, 0.1) is 5.82 Å². The van der Waals surface area contributed by atoms with Crippen molar-refractivity contribution in [1.29, 1.82) is 0 Å². The second-order valence-electron chi connectivity index (χ2n) is 4.70. The smallest absolute Gasteiger partial charge is 0.193 e. The van der Waals surface area contributed by atoms with Gasteiger partial charge in [-0.05, 0) is 30.5 Å². The van der Waals surface area contributed by atoms with Gasteiger partial charge in [0, 0.05) is 25.9 Å². The van der Waals surface area contributed by atoms with Crippen molar-refractivity contribution in [3.63, 3.8) is 0 Å². The molecule has 0 aliphatic rings. The van der Waals surface area contributed by atoms with E-state index in [1.807, 2.05) is 23.7 Å². The lowest BCUT2D eigenvalue weighted by molar-refractivity contribution is 0.281. The Balaban J connectivity index is 2.34. The molecule has 4 nitrogen and oxygen atoms in total. The maximum absolute atomic E-state index is 12.8. The SMILES string of the molecule is CN=C(NCC(C)SC)N(C)CCOc1ccc(F)cc1. The van der Waals surface area contributed by atoms with Gasteiger partial charge in [-0.25, -0.2) is 4.39 Å². The zero-order valence-electron chi connectivity index (χ0n) is 13.1. The molecule has 21 heavy (non-hydrogen) atoms. The summed E-state index contributed by atoms with van der Waals surface area (Å²) in [5, 5.41) is 3.86. The monoisotopic (exact) mass is 313 g/mol. The van der Waals surface area contributed by atoms with Gasteiger partial charge < -0.3 is 15.0 Å². The minimum atomic E-state index is -0.257. The summed E-state index contributed by atoms with van der Waals surface area (Å²) < 4.78 is 18.4. The Kier molecular flexibility index (Phi) is 7.97. The summed E-state index contributed by atoms with van der Waals surface area (Å²) in [7, 11) is 3.73. The first-order valence-electron chi connectivity index (χ1n) is 6.89. The molecule has 1 unspecified atom stereocenters. The summed E-state index contributed by atoms with van der Waals surface area (Å²) >= 11 is 1.81. The molecular formula is C15H24FN3OS. The molecule has 1 rings (SSSR count). The number of halogens is 1. The van der Waals surface area contributed by atoms with Gasteiger partial charge in [0.15, 0.2) is 5.96 Å². The first kappa shape index (κ1) is 17.6. The van der Waals surface area contributed by atoms with E-state index in [1.165, 1.54) is 12.1 Å². The Morgan fingerprint density at radius 1 is 1.43 bits per heavy atom. The first-order chi connectivity index (χ1) is 10.1. The third-order valence-corrected chi connectivity index (χ3v) is 4.00. The van der Waals surface area contributed by atoms with Crippen LogP contribution >= 0.6 is 11.8 Å². The molecule has 6 heteroatoms. The van der Waals surface area contributed by atoms with Crippen molar-refractivity contribution in [2.24, 2.45) is 4.99 Å². The van der Waals surface area contributed by atoms with Gasteiger partial charge in [0.05, 0.1) is 6.54 Å². The molecule has 0 fully saturated rings. The zero-order valence-corrected chi connectivity index (χ0v) is 13.9. The second kappa shape index (κ2) is 9.50. The van der Waals surface area contributed by atoms with Crippen molar-refractivity contribution >= 4 is 17.7 Å². The summed E-state index contributed by atoms with van der Waals surface area (Å²) in [5.74, 6) is 1.26. The molecule has 1 aromatic carbocycles. The van der Waals surface area contributed by atoms with Crippen LogP contribution in [0.15, 0.2) is 29.3 Å². The molecule has 0 spiro atoms. The summed E-state index contributed by atoms with van der Waals surface area (Å²) in [5.41, 5.74) is 0. The number of rotatable bonds is 7. The fourth-order valence-corrected chi connectivity index (χ4v) is 1.89. The molecule has 0 aromatic heterocycles. The molecule has 118 valence electrons. The molecule has 0 saturated heterocycles. The van der Waals surface area contributed by atoms with E-state index in [1.54, 1.807) is 19.2 Å². The molecule has 0 bridgehead atoms. The van der Waals surface area contributed by atoms with Gasteiger partial charge in [-0.2, -0.15) is 11.8 Å². The molecule has 1 atom stereocenters. The standard InChI is InChI=1S/C15H24FN3OS/c1-12(21-4)11-18-15(17-2)19(3)9-10-20-14-7-5-13(16)6-8-14/h5-8,12H,9-11H2,1-4H3,(H,17,18). The Bertz CT molecular complexity index is 439. The molecule has 0 saturated carbocycles. The average molecular weight is 313 g/mol. The molecular weight excluding hydrogens is 289 g/mol. The van der Waals surface area contributed by atoms with Gasteiger partial charge in [0.2, 0.25) is 0 Å². The number of hydrogen-bond donors (Lipinski definition) is 1. The normalized spacial score (nSPS) is 12.9. The topological polar surface area (TPSA) is 36.9 Å². The third-order valence-electron chi connectivity index (χ3n) is 3.03. The van der Waals surface area contributed by atoms with Crippen LogP contribution in [0.2, 0.25) is 0 Å². The Morgan fingerprint density at radius 3 is 2.67 bits per heavy atom. The van der Waals surface area contributed by atoms with Crippen LogP contribution in [0.3, 0.4) is 0 Å². The number of nitrogens with one attached hydrogen (secondary N) is 1. The van der Waals surface area contributed by atoms with Gasteiger partial charge in [-0.15, -0.1) is 0 Å². The highest BCUT2D eigenvalue weighted by atomic mass is 32.2. The quantitative estimate of drug-likeness (QED) is 0.620. The summed E-state index contributed by atoms with van der Waals surface area (Å²) in [6.45, 7) is 4.26. The summed E-state index contributed by atoms with van der Waals surface area (Å²) in [4.78, 5) is 6.26. The lowest BCUT2D eigenvalue weighted by atomic mass is 10.3. The number of guanidine groups is 1. The van der Waals surface area contributed by atoms with Crippen LogP contribution in [0.5, 0.6) is 5.75 Å². The largest absolute Gasteiger partial charge is 0.492 e. The Hall–Kier alpha value is -1.43. The molecule has 0 heterocycles. The summed E-state index contributed by atoms with van der Waals surface area (Å²) in [6.07, 6.45) is 2.09. The van der Waals surface area contributed by atoms with Crippen molar-refractivity contribution in [1.82, 2.24) is 10.2 Å². The minimum absolute atomic E-state index is 0.257. The van der Waals surface area contributed by atoms with E-state index in [0.717, 1.165) is 12.5 Å². The van der Waals surface area contributed by atoms with Crippen molar-refractivity contribution in [3.8, 4) is 5.75 Å². The van der Waals surface area contributed by atoms with E-state index >= 15 is 0 Å². The number of nitrogens with zero attached hydrogens (tertiary/aromatic N) is 2. The van der Waals surface area contributed by atoms with Crippen molar-refractivity contribution in [2.45, 2.75) is 12.2 Å². The van der Waals surface area contributed by atoms with Crippen molar-refractivity contribution in [3.05, 3.63) is 30.1 Å². The van der Waals surface area contributed by atoms with E-state index in [4.69, 9.17) is 4.74 Å². The van der Waals surface area contributed by atoms with Gasteiger partial charge in [-0.1, -0.05) is 6.92 Å². The molecule has 1 aromatic rings. The maximum Gasteiger partial charge on any atom is 0.193 e. The van der Waals surface area contributed by atoms with E-state index in [-0.39, 0.29) is 5.82 Å². The highest BCUT2D eigenvalue weighted by Gasteiger charge is 2.07. The molecule has 1 N–H and O–H groups in total. The van der Waals surface area contributed by atoms with E-state index < -0.39 is 0 Å². The van der Waals surface area contributed by atoms with E-state index in [2.05, 4.69) is 23.5 Å². The van der Waals surface area contributed by atoms with Crippen LogP contribution in [0.25, 0.3) is 0 Å². The van der Waals surface area contributed by atoms with Gasteiger partial charge in [0.25, 0.3) is 0 Å². The van der Waals surface area contributed by atoms with Crippen molar-refractivity contribution < 1.29 is 9.13 Å². The number of thioether (sulfide) groups is 1. The molecule has 0 radical (unpaired) electrons. The molecule has 0 aliphatic heterocycles. The fourth-order valence-electron chi connectivity index (χ4n) is 1.64.